The summed E-state index contributed by atoms with van der Waals surface area (Å²) in [6.07, 6.45) is 10.1. The topological polar surface area (TPSA) is 44.3 Å². The molecule has 0 atom stereocenters. The fraction of sp³-hybridized carbons (Fsp3) is 0.545. The Hall–Kier alpha value is -2.14. The lowest BCUT2D eigenvalue weighted by Crippen LogP contribution is -2.47. The Balaban J connectivity index is 1.14. The average molecular weight is 366 g/mol. The lowest BCUT2D eigenvalue weighted by molar-refractivity contribution is 0.218. The molecule has 2 aliphatic rings. The molecular weight excluding hydrogens is 334 g/mol. The van der Waals surface area contributed by atoms with Gasteiger partial charge in [0.05, 0.1) is 0 Å². The van der Waals surface area contributed by atoms with E-state index in [4.69, 9.17) is 0 Å². The van der Waals surface area contributed by atoms with Gasteiger partial charge in [-0.1, -0.05) is 18.2 Å². The zero-order valence-electron chi connectivity index (χ0n) is 16.1. The van der Waals surface area contributed by atoms with E-state index in [2.05, 4.69) is 55.4 Å². The maximum atomic E-state index is 4.28. The van der Waals surface area contributed by atoms with Crippen LogP contribution in [0.1, 0.15) is 32.1 Å². The van der Waals surface area contributed by atoms with Crippen molar-refractivity contribution < 1.29 is 0 Å². The van der Waals surface area contributed by atoms with E-state index in [1.807, 2.05) is 6.07 Å². The van der Waals surface area contributed by atoms with Gasteiger partial charge in [-0.2, -0.15) is 0 Å². The van der Waals surface area contributed by atoms with Crippen LogP contribution in [0.25, 0.3) is 0 Å². The monoisotopic (exact) mass is 365 g/mol. The van der Waals surface area contributed by atoms with Crippen molar-refractivity contribution in [3.63, 3.8) is 0 Å². The van der Waals surface area contributed by atoms with Gasteiger partial charge in [-0.05, 0) is 62.8 Å². The molecule has 5 heteroatoms. The molecular formula is C22H31N5. The highest BCUT2D eigenvalue weighted by Crippen LogP contribution is 2.28. The summed E-state index contributed by atoms with van der Waals surface area (Å²) in [6.45, 7) is 5.94. The molecule has 0 amide bonds. The fourth-order valence-electron chi connectivity index (χ4n) is 4.39. The fourth-order valence-corrected chi connectivity index (χ4v) is 4.39. The Morgan fingerprint density at radius 1 is 0.852 bits per heavy atom. The first-order valence-corrected chi connectivity index (χ1v) is 10.4. The molecule has 4 rings (SSSR count). The molecule has 0 radical (unpaired) electrons. The molecule has 1 N–H and O–H groups in total. The molecule has 2 heterocycles. The minimum atomic E-state index is 0.540. The molecule has 5 nitrogen and oxygen atoms in total. The molecule has 0 spiro atoms. The van der Waals surface area contributed by atoms with Crippen molar-refractivity contribution in [1.29, 1.82) is 0 Å². The van der Waals surface area contributed by atoms with Crippen LogP contribution in [0, 0.1) is 5.92 Å². The van der Waals surface area contributed by atoms with Gasteiger partial charge in [-0.3, -0.25) is 4.90 Å². The van der Waals surface area contributed by atoms with E-state index in [1.165, 1.54) is 57.4 Å². The number of hydrogen-bond donors (Lipinski definition) is 1. The van der Waals surface area contributed by atoms with Gasteiger partial charge in [0.1, 0.15) is 0 Å². The zero-order chi connectivity index (χ0) is 18.3. The van der Waals surface area contributed by atoms with Gasteiger partial charge in [-0.15, -0.1) is 0 Å². The highest BCUT2D eigenvalue weighted by atomic mass is 15.3. The van der Waals surface area contributed by atoms with Crippen LogP contribution in [0.15, 0.2) is 48.8 Å². The Kier molecular flexibility index (Phi) is 6.20. The SMILES string of the molecule is c1ccc(N2CCN(CCC3CCC(Nc4ncccn4)CC3)CC2)cc1. The predicted octanol–water partition coefficient (Wildman–Crippen LogP) is 3.66. The van der Waals surface area contributed by atoms with E-state index >= 15 is 0 Å². The van der Waals surface area contributed by atoms with Crippen molar-refractivity contribution in [2.45, 2.75) is 38.1 Å². The van der Waals surface area contributed by atoms with Gasteiger partial charge in [0.15, 0.2) is 0 Å². The van der Waals surface area contributed by atoms with E-state index < -0.39 is 0 Å². The summed E-state index contributed by atoms with van der Waals surface area (Å²) in [5, 5.41) is 3.49. The quantitative estimate of drug-likeness (QED) is 0.846. The summed E-state index contributed by atoms with van der Waals surface area (Å²) < 4.78 is 0. The van der Waals surface area contributed by atoms with E-state index in [9.17, 15) is 0 Å². The lowest BCUT2D eigenvalue weighted by atomic mass is 9.84. The minimum absolute atomic E-state index is 0.540. The first kappa shape index (κ1) is 18.2. The van der Waals surface area contributed by atoms with Crippen LogP contribution in [0.4, 0.5) is 11.6 Å². The summed E-state index contributed by atoms with van der Waals surface area (Å²) in [7, 11) is 0. The molecule has 2 fully saturated rings. The Bertz CT molecular complexity index is 662. The summed E-state index contributed by atoms with van der Waals surface area (Å²) in [5.41, 5.74) is 1.37. The molecule has 1 aliphatic heterocycles. The highest BCUT2D eigenvalue weighted by molar-refractivity contribution is 5.46. The zero-order valence-corrected chi connectivity index (χ0v) is 16.1. The number of nitrogens with one attached hydrogen (secondary N) is 1. The first-order chi connectivity index (χ1) is 13.4. The van der Waals surface area contributed by atoms with Gasteiger partial charge in [0.2, 0.25) is 5.95 Å². The number of hydrogen-bond acceptors (Lipinski definition) is 5. The summed E-state index contributed by atoms with van der Waals surface area (Å²) >= 11 is 0. The summed E-state index contributed by atoms with van der Waals surface area (Å²) in [5.74, 6) is 1.66. The molecule has 1 aliphatic carbocycles. The molecule has 27 heavy (non-hydrogen) atoms. The Labute approximate surface area is 162 Å². The number of benzene rings is 1. The number of nitrogens with zero attached hydrogens (tertiary/aromatic N) is 4. The van der Waals surface area contributed by atoms with Crippen LogP contribution in [0.3, 0.4) is 0 Å². The van der Waals surface area contributed by atoms with E-state index in [1.54, 1.807) is 12.4 Å². The van der Waals surface area contributed by atoms with Gasteiger partial charge in [-0.25, -0.2) is 9.97 Å². The summed E-state index contributed by atoms with van der Waals surface area (Å²) in [6, 6.07) is 13.2. The maximum Gasteiger partial charge on any atom is 0.222 e. The van der Waals surface area contributed by atoms with Crippen LogP contribution in [0.2, 0.25) is 0 Å². The van der Waals surface area contributed by atoms with Gasteiger partial charge < -0.3 is 10.2 Å². The van der Waals surface area contributed by atoms with E-state index in [0.717, 1.165) is 25.0 Å². The van der Waals surface area contributed by atoms with Crippen molar-refractivity contribution in [3.8, 4) is 0 Å². The molecule has 2 aromatic rings. The minimum Gasteiger partial charge on any atom is -0.369 e. The van der Waals surface area contributed by atoms with Gasteiger partial charge in [0.25, 0.3) is 0 Å². The molecule has 144 valence electrons. The largest absolute Gasteiger partial charge is 0.369 e. The van der Waals surface area contributed by atoms with Crippen LogP contribution in [0.5, 0.6) is 0 Å². The van der Waals surface area contributed by atoms with E-state index in [0.29, 0.717) is 6.04 Å². The van der Waals surface area contributed by atoms with Crippen molar-refractivity contribution in [2.75, 3.05) is 42.9 Å². The van der Waals surface area contributed by atoms with E-state index in [-0.39, 0.29) is 0 Å². The predicted molar refractivity (Wildman–Crippen MR) is 111 cm³/mol. The lowest BCUT2D eigenvalue weighted by Gasteiger charge is -2.37. The number of piperazine rings is 1. The normalized spacial score (nSPS) is 23.9. The third-order valence-corrected chi connectivity index (χ3v) is 6.09. The third-order valence-electron chi connectivity index (χ3n) is 6.09. The average Bonchev–Trinajstić information content (AvgIpc) is 2.75. The van der Waals surface area contributed by atoms with Crippen molar-refractivity contribution in [3.05, 3.63) is 48.8 Å². The van der Waals surface area contributed by atoms with Crippen molar-refractivity contribution in [2.24, 2.45) is 5.92 Å². The second kappa shape index (κ2) is 9.18. The molecule has 0 unspecified atom stereocenters. The number of anilines is 2. The second-order valence-corrected chi connectivity index (χ2v) is 7.89. The van der Waals surface area contributed by atoms with Gasteiger partial charge in [0, 0.05) is 50.3 Å². The molecule has 1 aromatic carbocycles. The molecule has 0 bridgehead atoms. The Morgan fingerprint density at radius 3 is 2.26 bits per heavy atom. The second-order valence-electron chi connectivity index (χ2n) is 7.89. The standard InChI is InChI=1S/C22H31N5/c1-2-5-21(6-3-1)27-17-15-26(16-18-27)14-11-19-7-9-20(10-8-19)25-22-23-12-4-13-24-22/h1-6,12-13,19-20H,7-11,14-18H2,(H,23,24,25). The number of para-hydroxylation sites is 1. The van der Waals surface area contributed by atoms with Crippen LogP contribution in [-0.4, -0.2) is 53.6 Å². The number of aromatic nitrogens is 2. The first-order valence-electron chi connectivity index (χ1n) is 10.4. The molecule has 1 saturated carbocycles. The van der Waals surface area contributed by atoms with Crippen LogP contribution < -0.4 is 10.2 Å². The Morgan fingerprint density at radius 2 is 1.56 bits per heavy atom. The molecule has 1 aromatic heterocycles. The van der Waals surface area contributed by atoms with Crippen molar-refractivity contribution >= 4 is 11.6 Å². The van der Waals surface area contributed by atoms with Crippen LogP contribution >= 0.6 is 0 Å². The number of rotatable bonds is 6. The third kappa shape index (κ3) is 5.19. The van der Waals surface area contributed by atoms with Gasteiger partial charge >= 0.3 is 0 Å². The smallest absolute Gasteiger partial charge is 0.222 e. The van der Waals surface area contributed by atoms with Crippen molar-refractivity contribution in [1.82, 2.24) is 14.9 Å². The van der Waals surface area contributed by atoms with Crippen LogP contribution in [-0.2, 0) is 0 Å². The molecule has 1 saturated heterocycles. The highest BCUT2D eigenvalue weighted by Gasteiger charge is 2.23. The maximum absolute atomic E-state index is 4.28. The summed E-state index contributed by atoms with van der Waals surface area (Å²) in [4.78, 5) is 13.7.